The molecule has 2 aromatic rings. The molecule has 0 amide bonds. The van der Waals surface area contributed by atoms with Gasteiger partial charge in [-0.3, -0.25) is 9.52 Å². The highest BCUT2D eigenvalue weighted by molar-refractivity contribution is 7.92. The number of hydrogen-bond donors (Lipinski definition) is 3. The molecule has 0 aromatic heterocycles. The van der Waals surface area contributed by atoms with Gasteiger partial charge in [0.2, 0.25) is 0 Å². The zero-order valence-electron chi connectivity index (χ0n) is 13.5. The van der Waals surface area contributed by atoms with Gasteiger partial charge in [0, 0.05) is 6.07 Å². The van der Waals surface area contributed by atoms with Crippen molar-refractivity contribution < 1.29 is 32.9 Å². The van der Waals surface area contributed by atoms with Crippen LogP contribution in [-0.2, 0) is 21.2 Å². The van der Waals surface area contributed by atoms with E-state index >= 15 is 0 Å². The number of rotatable bonds is 7. The van der Waals surface area contributed by atoms with Crippen molar-refractivity contribution in [3.05, 3.63) is 42.0 Å². The molecule has 0 heterocycles. The number of phenolic OH excluding ortho intramolecular Hbond substituents is 1. The quantitative estimate of drug-likeness (QED) is 0.638. The minimum absolute atomic E-state index is 0.104. The topological polar surface area (TPSA) is 122 Å². The van der Waals surface area contributed by atoms with Gasteiger partial charge in [0.1, 0.15) is 5.75 Å². The summed E-state index contributed by atoms with van der Waals surface area (Å²) in [6.07, 6.45) is -0.300. The lowest BCUT2D eigenvalue weighted by molar-refractivity contribution is -0.136. The summed E-state index contributed by atoms with van der Waals surface area (Å²) in [5, 5.41) is 18.7. The molecule has 3 N–H and O–H groups in total. The van der Waals surface area contributed by atoms with Crippen LogP contribution in [0.3, 0.4) is 0 Å². The first kappa shape index (κ1) is 18.4. The standard InChI is InChI=1S/C16H17NO7S/c1-23-14-6-4-11(9-15(14)24-2)25(21,22)17-12-7-10(8-16(19)20)3-5-13(12)18/h3-7,9,17-18H,8H2,1-2H3,(H,19,20). The number of phenols is 1. The van der Waals surface area contributed by atoms with E-state index in [1.54, 1.807) is 0 Å². The fourth-order valence-electron chi connectivity index (χ4n) is 2.14. The monoisotopic (exact) mass is 367 g/mol. The van der Waals surface area contributed by atoms with Gasteiger partial charge in [0.05, 0.1) is 31.2 Å². The molecule has 0 aliphatic heterocycles. The van der Waals surface area contributed by atoms with Crippen LogP contribution in [0.1, 0.15) is 5.56 Å². The number of carboxylic acid groups (broad SMARTS) is 1. The number of aliphatic carboxylic acids is 1. The molecule has 0 bridgehead atoms. The Morgan fingerprint density at radius 2 is 1.76 bits per heavy atom. The molecule has 0 fully saturated rings. The predicted octanol–water partition coefficient (Wildman–Crippen LogP) is 1.84. The molecule has 2 aromatic carbocycles. The Balaban J connectivity index is 2.37. The third-order valence-corrected chi connectivity index (χ3v) is 4.69. The number of methoxy groups -OCH3 is 2. The number of benzene rings is 2. The summed E-state index contributed by atoms with van der Waals surface area (Å²) >= 11 is 0. The molecule has 8 nitrogen and oxygen atoms in total. The summed E-state index contributed by atoms with van der Waals surface area (Å²) in [7, 11) is -1.23. The first-order valence-corrected chi connectivity index (χ1v) is 8.53. The molecule has 0 spiro atoms. The van der Waals surface area contributed by atoms with Gasteiger partial charge < -0.3 is 19.7 Å². The normalized spacial score (nSPS) is 11.0. The maximum absolute atomic E-state index is 12.5. The molecule has 0 unspecified atom stereocenters. The SMILES string of the molecule is COc1ccc(S(=O)(=O)Nc2cc(CC(=O)O)ccc2O)cc1OC. The Hall–Kier alpha value is -2.94. The van der Waals surface area contributed by atoms with Crippen molar-refractivity contribution in [1.29, 1.82) is 0 Å². The summed E-state index contributed by atoms with van der Waals surface area (Å²) in [5.74, 6) is -0.792. The van der Waals surface area contributed by atoms with Gasteiger partial charge in [-0.2, -0.15) is 0 Å². The molecule has 25 heavy (non-hydrogen) atoms. The second kappa shape index (κ2) is 7.31. The number of aromatic hydroxyl groups is 1. The van der Waals surface area contributed by atoms with Gasteiger partial charge in [-0.25, -0.2) is 8.42 Å². The lowest BCUT2D eigenvalue weighted by Gasteiger charge is -2.13. The summed E-state index contributed by atoms with van der Waals surface area (Å²) in [4.78, 5) is 10.7. The number of sulfonamides is 1. The summed E-state index contributed by atoms with van der Waals surface area (Å²) in [6, 6.07) is 7.93. The largest absolute Gasteiger partial charge is 0.506 e. The van der Waals surface area contributed by atoms with Gasteiger partial charge in [-0.1, -0.05) is 6.07 Å². The number of carbonyl (C=O) groups is 1. The van der Waals surface area contributed by atoms with E-state index in [1.807, 2.05) is 0 Å². The fourth-order valence-corrected chi connectivity index (χ4v) is 3.22. The number of hydrogen-bond acceptors (Lipinski definition) is 6. The van der Waals surface area contributed by atoms with E-state index in [0.717, 1.165) is 0 Å². The van der Waals surface area contributed by atoms with Crippen molar-refractivity contribution in [3.8, 4) is 17.2 Å². The van der Waals surface area contributed by atoms with Gasteiger partial charge in [0.25, 0.3) is 10.0 Å². The molecule has 0 aliphatic carbocycles. The zero-order chi connectivity index (χ0) is 18.6. The number of ether oxygens (including phenoxy) is 2. The molecule has 0 aliphatic rings. The molecule has 0 atom stereocenters. The van der Waals surface area contributed by atoms with E-state index in [9.17, 15) is 18.3 Å². The number of anilines is 1. The first-order valence-electron chi connectivity index (χ1n) is 7.05. The summed E-state index contributed by atoms with van der Waals surface area (Å²) in [5.41, 5.74) is 0.226. The van der Waals surface area contributed by atoms with Crippen LogP contribution in [0.25, 0.3) is 0 Å². The smallest absolute Gasteiger partial charge is 0.307 e. The predicted molar refractivity (Wildman–Crippen MR) is 89.8 cm³/mol. The molecular weight excluding hydrogens is 350 g/mol. The van der Waals surface area contributed by atoms with Crippen LogP contribution in [0.15, 0.2) is 41.3 Å². The lowest BCUT2D eigenvalue weighted by Crippen LogP contribution is -2.13. The minimum atomic E-state index is -4.03. The Bertz CT molecular complexity index is 893. The third-order valence-electron chi connectivity index (χ3n) is 3.33. The third kappa shape index (κ3) is 4.32. The Labute approximate surface area is 144 Å². The van der Waals surface area contributed by atoms with Crippen molar-refractivity contribution in [3.63, 3.8) is 0 Å². The highest BCUT2D eigenvalue weighted by atomic mass is 32.2. The summed E-state index contributed by atoms with van der Waals surface area (Å²) in [6.45, 7) is 0. The molecule has 9 heteroatoms. The average molecular weight is 367 g/mol. The summed E-state index contributed by atoms with van der Waals surface area (Å²) < 4.78 is 37.4. The van der Waals surface area contributed by atoms with Crippen LogP contribution in [0, 0.1) is 0 Å². The van der Waals surface area contributed by atoms with Gasteiger partial charge in [0.15, 0.2) is 11.5 Å². The molecule has 2 rings (SSSR count). The molecule has 134 valence electrons. The minimum Gasteiger partial charge on any atom is -0.506 e. The van der Waals surface area contributed by atoms with Crippen molar-refractivity contribution in [2.45, 2.75) is 11.3 Å². The second-order valence-corrected chi connectivity index (χ2v) is 6.73. The van der Waals surface area contributed by atoms with Crippen molar-refractivity contribution in [1.82, 2.24) is 0 Å². The molecule has 0 saturated heterocycles. The average Bonchev–Trinajstić information content (AvgIpc) is 2.56. The Kier molecular flexibility index (Phi) is 5.38. The van der Waals surface area contributed by atoms with Crippen LogP contribution < -0.4 is 14.2 Å². The van der Waals surface area contributed by atoms with Crippen molar-refractivity contribution in [2.24, 2.45) is 0 Å². The first-order chi connectivity index (χ1) is 11.8. The maximum Gasteiger partial charge on any atom is 0.307 e. The van der Waals surface area contributed by atoms with Crippen LogP contribution in [-0.4, -0.2) is 38.8 Å². The van der Waals surface area contributed by atoms with Gasteiger partial charge in [-0.05, 0) is 29.8 Å². The van der Waals surface area contributed by atoms with Crippen LogP contribution in [0.2, 0.25) is 0 Å². The van der Waals surface area contributed by atoms with E-state index in [1.165, 1.54) is 50.6 Å². The fraction of sp³-hybridized carbons (Fsp3) is 0.188. The van der Waals surface area contributed by atoms with E-state index in [4.69, 9.17) is 14.6 Å². The lowest BCUT2D eigenvalue weighted by atomic mass is 10.1. The van der Waals surface area contributed by atoms with Gasteiger partial charge in [-0.15, -0.1) is 0 Å². The van der Waals surface area contributed by atoms with Crippen LogP contribution in [0.5, 0.6) is 17.2 Å². The number of nitrogens with one attached hydrogen (secondary N) is 1. The highest BCUT2D eigenvalue weighted by Gasteiger charge is 2.19. The van der Waals surface area contributed by atoms with E-state index in [2.05, 4.69) is 4.72 Å². The van der Waals surface area contributed by atoms with Crippen LogP contribution >= 0.6 is 0 Å². The maximum atomic E-state index is 12.5. The van der Waals surface area contributed by atoms with Crippen molar-refractivity contribution in [2.75, 3.05) is 18.9 Å². The number of carboxylic acids is 1. The van der Waals surface area contributed by atoms with E-state index in [0.29, 0.717) is 11.3 Å². The molecular formula is C16H17NO7S. The Morgan fingerprint density at radius 3 is 2.36 bits per heavy atom. The molecule has 0 radical (unpaired) electrons. The van der Waals surface area contributed by atoms with E-state index in [-0.39, 0.29) is 28.5 Å². The Morgan fingerprint density at radius 1 is 1.08 bits per heavy atom. The molecule has 0 saturated carbocycles. The van der Waals surface area contributed by atoms with Crippen molar-refractivity contribution >= 4 is 21.7 Å². The van der Waals surface area contributed by atoms with E-state index < -0.39 is 16.0 Å². The zero-order valence-corrected chi connectivity index (χ0v) is 14.3. The van der Waals surface area contributed by atoms with Crippen LogP contribution in [0.4, 0.5) is 5.69 Å². The van der Waals surface area contributed by atoms with Gasteiger partial charge >= 0.3 is 5.97 Å². The second-order valence-electron chi connectivity index (χ2n) is 5.04. The highest BCUT2D eigenvalue weighted by Crippen LogP contribution is 2.32.